The smallest absolute Gasteiger partial charge is 0.237 e. The van der Waals surface area contributed by atoms with Crippen molar-refractivity contribution in [3.05, 3.63) is 48.3 Å². The van der Waals surface area contributed by atoms with Gasteiger partial charge < -0.3 is 5.32 Å². The third-order valence-corrected chi connectivity index (χ3v) is 3.86. The maximum Gasteiger partial charge on any atom is 0.237 e. The van der Waals surface area contributed by atoms with Crippen LogP contribution in [-0.4, -0.2) is 28.3 Å². The highest BCUT2D eigenvalue weighted by Crippen LogP contribution is 2.16. The van der Waals surface area contributed by atoms with Gasteiger partial charge in [0.2, 0.25) is 5.91 Å². The number of nitrogens with one attached hydrogen (secondary N) is 2. The maximum atomic E-state index is 11.8. The maximum absolute atomic E-state index is 11.8. The number of rotatable bonds is 4. The molecule has 1 fully saturated rings. The highest BCUT2D eigenvalue weighted by molar-refractivity contribution is 5.82. The molecular weight excluding hydrogens is 264 g/mol. The fourth-order valence-corrected chi connectivity index (χ4v) is 2.61. The highest BCUT2D eigenvalue weighted by Gasteiger charge is 2.24. The lowest BCUT2D eigenvalue weighted by Gasteiger charge is -2.25. The van der Waals surface area contributed by atoms with E-state index in [0.29, 0.717) is 0 Å². The number of aromatic nitrogens is 2. The van der Waals surface area contributed by atoms with Gasteiger partial charge in [0.25, 0.3) is 0 Å². The summed E-state index contributed by atoms with van der Waals surface area (Å²) in [6.07, 6.45) is 5.78. The Morgan fingerprint density at radius 1 is 1.38 bits per heavy atom. The monoisotopic (exact) mass is 284 g/mol. The third kappa shape index (κ3) is 3.13. The normalized spacial score (nSPS) is 20.0. The number of carbonyl (C=O) groups excluding carboxylic acids is 1. The molecule has 0 bridgehead atoms. The van der Waals surface area contributed by atoms with Crippen LogP contribution >= 0.6 is 0 Å². The number of piperidine rings is 1. The van der Waals surface area contributed by atoms with E-state index in [1.807, 2.05) is 47.4 Å². The lowest BCUT2D eigenvalue weighted by Crippen LogP contribution is -2.48. The first-order chi connectivity index (χ1) is 10.2. The molecule has 1 amide bonds. The number of hydrogen-bond donors (Lipinski definition) is 2. The molecule has 0 spiro atoms. The third-order valence-electron chi connectivity index (χ3n) is 3.86. The zero-order chi connectivity index (χ0) is 14.7. The van der Waals surface area contributed by atoms with Crippen LogP contribution in [0.15, 0.2) is 42.7 Å². The van der Waals surface area contributed by atoms with E-state index in [-0.39, 0.29) is 18.0 Å². The summed E-state index contributed by atoms with van der Waals surface area (Å²) >= 11 is 0. The van der Waals surface area contributed by atoms with Crippen molar-refractivity contribution in [1.82, 2.24) is 20.4 Å². The van der Waals surface area contributed by atoms with Gasteiger partial charge in [0.1, 0.15) is 0 Å². The molecular formula is C16H20N4O. The molecule has 2 unspecified atom stereocenters. The van der Waals surface area contributed by atoms with E-state index in [0.717, 1.165) is 30.6 Å². The Balaban J connectivity index is 1.69. The summed E-state index contributed by atoms with van der Waals surface area (Å²) in [7, 11) is 0. The van der Waals surface area contributed by atoms with Gasteiger partial charge in [-0.2, -0.15) is 5.10 Å². The quantitative estimate of drug-likeness (QED) is 0.900. The molecule has 1 aromatic carbocycles. The number of para-hydroxylation sites is 1. The van der Waals surface area contributed by atoms with Crippen LogP contribution in [0.1, 0.15) is 31.4 Å². The molecule has 0 aliphatic carbocycles. The first-order valence-electron chi connectivity index (χ1n) is 7.38. The van der Waals surface area contributed by atoms with E-state index >= 15 is 0 Å². The Hall–Kier alpha value is -2.14. The molecule has 1 aliphatic rings. The second-order valence-corrected chi connectivity index (χ2v) is 5.43. The van der Waals surface area contributed by atoms with Crippen molar-refractivity contribution in [3.63, 3.8) is 0 Å². The van der Waals surface area contributed by atoms with Crippen LogP contribution in [-0.2, 0) is 4.79 Å². The van der Waals surface area contributed by atoms with Crippen LogP contribution in [0.3, 0.4) is 0 Å². The highest BCUT2D eigenvalue weighted by atomic mass is 16.2. The summed E-state index contributed by atoms with van der Waals surface area (Å²) in [4.78, 5) is 11.8. The van der Waals surface area contributed by atoms with Crippen molar-refractivity contribution in [1.29, 1.82) is 0 Å². The van der Waals surface area contributed by atoms with Gasteiger partial charge in [-0.25, -0.2) is 4.68 Å². The molecule has 21 heavy (non-hydrogen) atoms. The fraction of sp³-hybridized carbons (Fsp3) is 0.375. The summed E-state index contributed by atoms with van der Waals surface area (Å²) < 4.78 is 1.86. The number of carbonyl (C=O) groups is 1. The van der Waals surface area contributed by atoms with Gasteiger partial charge in [0, 0.05) is 24.3 Å². The predicted molar refractivity (Wildman–Crippen MR) is 81.1 cm³/mol. The molecule has 110 valence electrons. The lowest BCUT2D eigenvalue weighted by atomic mass is 10.0. The van der Waals surface area contributed by atoms with E-state index in [1.54, 1.807) is 0 Å². The number of hydrogen-bond acceptors (Lipinski definition) is 3. The molecule has 2 heterocycles. The van der Waals surface area contributed by atoms with E-state index in [9.17, 15) is 4.79 Å². The van der Waals surface area contributed by atoms with Crippen LogP contribution in [0.5, 0.6) is 0 Å². The van der Waals surface area contributed by atoms with Crippen molar-refractivity contribution in [3.8, 4) is 5.69 Å². The summed E-state index contributed by atoms with van der Waals surface area (Å²) in [6, 6.07) is 9.99. The van der Waals surface area contributed by atoms with Gasteiger partial charge in [-0.15, -0.1) is 0 Å². The Kier molecular flexibility index (Phi) is 4.01. The van der Waals surface area contributed by atoms with E-state index in [1.165, 1.54) is 0 Å². The minimum atomic E-state index is -0.103. The second-order valence-electron chi connectivity index (χ2n) is 5.43. The molecule has 1 saturated heterocycles. The molecule has 5 heteroatoms. The summed E-state index contributed by atoms with van der Waals surface area (Å²) in [5.74, 6) is 0.101. The van der Waals surface area contributed by atoms with Crippen molar-refractivity contribution < 1.29 is 4.79 Å². The molecule has 1 aliphatic heterocycles. The van der Waals surface area contributed by atoms with Crippen molar-refractivity contribution >= 4 is 5.91 Å². The Morgan fingerprint density at radius 3 is 2.95 bits per heavy atom. The first kappa shape index (κ1) is 13.8. The van der Waals surface area contributed by atoms with Gasteiger partial charge in [-0.05, 0) is 31.9 Å². The van der Waals surface area contributed by atoms with Crippen LogP contribution in [0, 0.1) is 0 Å². The van der Waals surface area contributed by atoms with Crippen LogP contribution in [0.25, 0.3) is 5.69 Å². The number of benzene rings is 1. The first-order valence-corrected chi connectivity index (χ1v) is 7.38. The van der Waals surface area contributed by atoms with Gasteiger partial charge >= 0.3 is 0 Å². The average molecular weight is 284 g/mol. The SMILES string of the molecule is CC(NC1CCCNC1=O)c1cnn(-c2ccccc2)c1. The van der Waals surface area contributed by atoms with Crippen LogP contribution < -0.4 is 10.6 Å². The molecule has 3 rings (SSSR count). The largest absolute Gasteiger partial charge is 0.355 e. The van der Waals surface area contributed by atoms with Crippen molar-refractivity contribution in [2.75, 3.05) is 6.54 Å². The fourth-order valence-electron chi connectivity index (χ4n) is 2.61. The summed E-state index contributed by atoms with van der Waals surface area (Å²) in [5, 5.41) is 10.7. The zero-order valence-corrected chi connectivity index (χ0v) is 12.1. The lowest BCUT2D eigenvalue weighted by molar-refractivity contribution is -0.124. The molecule has 0 saturated carbocycles. The minimum Gasteiger partial charge on any atom is -0.355 e. The predicted octanol–water partition coefficient (Wildman–Crippen LogP) is 1.80. The van der Waals surface area contributed by atoms with Crippen molar-refractivity contribution in [2.24, 2.45) is 0 Å². The van der Waals surface area contributed by atoms with Crippen LogP contribution in [0.4, 0.5) is 0 Å². The number of amides is 1. The van der Waals surface area contributed by atoms with E-state index in [4.69, 9.17) is 0 Å². The Labute approximate surface area is 124 Å². The molecule has 2 aromatic rings. The van der Waals surface area contributed by atoms with Crippen LogP contribution in [0.2, 0.25) is 0 Å². The summed E-state index contributed by atoms with van der Waals surface area (Å²) in [5.41, 5.74) is 2.11. The average Bonchev–Trinajstić information content (AvgIpc) is 3.00. The number of nitrogens with zero attached hydrogens (tertiary/aromatic N) is 2. The zero-order valence-electron chi connectivity index (χ0n) is 12.1. The molecule has 2 atom stereocenters. The molecule has 5 nitrogen and oxygen atoms in total. The van der Waals surface area contributed by atoms with Gasteiger partial charge in [-0.3, -0.25) is 10.1 Å². The van der Waals surface area contributed by atoms with E-state index in [2.05, 4.69) is 22.7 Å². The Morgan fingerprint density at radius 2 is 2.19 bits per heavy atom. The second kappa shape index (κ2) is 6.10. The van der Waals surface area contributed by atoms with Gasteiger partial charge in [0.05, 0.1) is 17.9 Å². The van der Waals surface area contributed by atoms with Gasteiger partial charge in [-0.1, -0.05) is 18.2 Å². The van der Waals surface area contributed by atoms with Gasteiger partial charge in [0.15, 0.2) is 0 Å². The van der Waals surface area contributed by atoms with E-state index < -0.39 is 0 Å². The molecule has 2 N–H and O–H groups in total. The molecule has 1 aromatic heterocycles. The molecule has 0 radical (unpaired) electrons. The summed E-state index contributed by atoms with van der Waals surface area (Å²) in [6.45, 7) is 2.85. The van der Waals surface area contributed by atoms with Crippen molar-refractivity contribution in [2.45, 2.75) is 31.8 Å². The topological polar surface area (TPSA) is 58.9 Å². The Bertz CT molecular complexity index is 608. The minimum absolute atomic E-state index is 0.0938. The standard InChI is InChI=1S/C16H20N4O/c1-12(19-15-8-5-9-17-16(15)21)13-10-18-20(11-13)14-6-3-2-4-7-14/h2-4,6-7,10-12,15,19H,5,8-9H2,1H3,(H,17,21).